The summed E-state index contributed by atoms with van der Waals surface area (Å²) < 4.78 is 53.0. The van der Waals surface area contributed by atoms with Gasteiger partial charge in [-0.3, -0.25) is 0 Å². The lowest BCUT2D eigenvalue weighted by Crippen LogP contribution is -2.39. The van der Waals surface area contributed by atoms with E-state index >= 15 is 0 Å². The van der Waals surface area contributed by atoms with E-state index in [1.807, 2.05) is 0 Å². The predicted octanol–water partition coefficient (Wildman–Crippen LogP) is 2.61. The molecule has 1 fully saturated rings. The highest BCUT2D eigenvalue weighted by Gasteiger charge is 2.36. The zero-order valence-corrected chi connectivity index (χ0v) is 15.0. The highest BCUT2D eigenvalue weighted by molar-refractivity contribution is 7.92. The Morgan fingerprint density at radius 1 is 1.11 bits per heavy atom. The Kier molecular flexibility index (Phi) is 4.02. The van der Waals surface area contributed by atoms with Crippen LogP contribution in [-0.2, 0) is 9.84 Å². The number of benzene rings is 1. The van der Waals surface area contributed by atoms with Crippen molar-refractivity contribution in [2.24, 2.45) is 0 Å². The van der Waals surface area contributed by atoms with E-state index in [0.717, 1.165) is 0 Å². The minimum Gasteiger partial charge on any atom is -0.384 e. The van der Waals surface area contributed by atoms with Gasteiger partial charge in [-0.15, -0.1) is 0 Å². The number of nitrogen functional groups attached to an aromatic ring is 1. The summed E-state index contributed by atoms with van der Waals surface area (Å²) in [6, 6.07) is 7.90. The fraction of sp³-hybridized carbons (Fsp3) is 0.294. The molecule has 142 valence electrons. The van der Waals surface area contributed by atoms with Crippen LogP contribution in [0.5, 0.6) is 0 Å². The van der Waals surface area contributed by atoms with E-state index in [0.29, 0.717) is 11.3 Å². The highest BCUT2D eigenvalue weighted by Crippen LogP contribution is 2.37. The summed E-state index contributed by atoms with van der Waals surface area (Å²) in [5, 5.41) is 0. The third-order valence-electron chi connectivity index (χ3n) is 4.66. The maximum absolute atomic E-state index is 13.5. The largest absolute Gasteiger partial charge is 0.384 e. The number of H-pyrrole nitrogens is 1. The van der Waals surface area contributed by atoms with Crippen LogP contribution in [0.25, 0.3) is 11.0 Å². The lowest BCUT2D eigenvalue weighted by molar-refractivity contribution is -0.0221. The Morgan fingerprint density at radius 3 is 2.44 bits per heavy atom. The van der Waals surface area contributed by atoms with Gasteiger partial charge in [-0.1, -0.05) is 18.2 Å². The second kappa shape index (κ2) is 6.15. The van der Waals surface area contributed by atoms with Gasteiger partial charge in [0.2, 0.25) is 9.84 Å². The second-order valence-corrected chi connectivity index (χ2v) is 8.33. The molecule has 0 bridgehead atoms. The summed E-state index contributed by atoms with van der Waals surface area (Å²) in [5.74, 6) is -2.38. The fourth-order valence-electron chi connectivity index (χ4n) is 3.26. The SMILES string of the molecule is Nc1[nH]c2c(N3CCC(F)(F)CC3)ncnc2c1S(=O)(=O)c1ccccc1. The van der Waals surface area contributed by atoms with Crippen LogP contribution in [-0.4, -0.2) is 42.4 Å². The number of aromatic nitrogens is 3. The van der Waals surface area contributed by atoms with Gasteiger partial charge in [-0.2, -0.15) is 0 Å². The summed E-state index contributed by atoms with van der Waals surface area (Å²) in [6.07, 6.45) is 0.648. The normalized spacial score (nSPS) is 17.3. The summed E-state index contributed by atoms with van der Waals surface area (Å²) >= 11 is 0. The van der Waals surface area contributed by atoms with Crippen LogP contribution in [0.2, 0.25) is 0 Å². The van der Waals surface area contributed by atoms with Crippen LogP contribution < -0.4 is 10.6 Å². The van der Waals surface area contributed by atoms with Crippen LogP contribution in [0, 0.1) is 0 Å². The Balaban J connectivity index is 1.83. The van der Waals surface area contributed by atoms with Gasteiger partial charge in [-0.25, -0.2) is 27.2 Å². The predicted molar refractivity (Wildman–Crippen MR) is 96.6 cm³/mol. The molecule has 0 saturated carbocycles. The van der Waals surface area contributed by atoms with Crippen LogP contribution in [0.4, 0.5) is 20.4 Å². The van der Waals surface area contributed by atoms with Crippen molar-refractivity contribution < 1.29 is 17.2 Å². The minimum atomic E-state index is -3.90. The molecule has 7 nitrogen and oxygen atoms in total. The molecule has 1 saturated heterocycles. The third kappa shape index (κ3) is 2.99. The molecule has 0 aliphatic carbocycles. The molecule has 1 aromatic carbocycles. The molecule has 0 radical (unpaired) electrons. The van der Waals surface area contributed by atoms with E-state index in [1.165, 1.54) is 18.5 Å². The number of anilines is 2. The number of rotatable bonds is 3. The number of nitrogens with zero attached hydrogens (tertiary/aromatic N) is 3. The van der Waals surface area contributed by atoms with Crippen LogP contribution in [0.1, 0.15) is 12.8 Å². The number of halogens is 2. The molecular formula is C17H17F2N5O2S. The number of alkyl halides is 2. The smallest absolute Gasteiger partial charge is 0.251 e. The zero-order chi connectivity index (χ0) is 19.2. The number of piperidine rings is 1. The second-order valence-electron chi connectivity index (χ2n) is 6.45. The number of fused-ring (bicyclic) bond motifs is 1. The number of hydrogen-bond donors (Lipinski definition) is 2. The number of aromatic amines is 1. The van der Waals surface area contributed by atoms with Crippen LogP contribution in [0.3, 0.4) is 0 Å². The summed E-state index contributed by atoms with van der Waals surface area (Å²) in [6.45, 7) is 0.220. The van der Waals surface area contributed by atoms with Gasteiger partial charge in [0.15, 0.2) is 5.82 Å². The average molecular weight is 393 g/mol. The van der Waals surface area contributed by atoms with Gasteiger partial charge in [0.1, 0.15) is 28.1 Å². The highest BCUT2D eigenvalue weighted by atomic mass is 32.2. The van der Waals surface area contributed by atoms with Crippen molar-refractivity contribution in [3.05, 3.63) is 36.7 Å². The summed E-state index contributed by atoms with van der Waals surface area (Å²) in [4.78, 5) is 12.8. The molecule has 10 heteroatoms. The Labute approximate surface area is 154 Å². The first-order chi connectivity index (χ1) is 12.8. The van der Waals surface area contributed by atoms with Crippen LogP contribution in [0.15, 0.2) is 46.5 Å². The lowest BCUT2D eigenvalue weighted by atomic mass is 10.1. The van der Waals surface area contributed by atoms with Gasteiger partial charge in [0, 0.05) is 25.9 Å². The Hall–Kier alpha value is -2.75. The first kappa shape index (κ1) is 17.7. The number of nitrogens with two attached hydrogens (primary N) is 1. The van der Waals surface area contributed by atoms with Gasteiger partial charge < -0.3 is 15.6 Å². The van der Waals surface area contributed by atoms with Gasteiger partial charge in [0.05, 0.1) is 4.90 Å². The van der Waals surface area contributed by atoms with Crippen molar-refractivity contribution in [3.63, 3.8) is 0 Å². The molecule has 1 aliphatic heterocycles. The first-order valence-corrected chi connectivity index (χ1v) is 9.83. The van der Waals surface area contributed by atoms with E-state index in [9.17, 15) is 17.2 Å². The van der Waals surface area contributed by atoms with Crippen molar-refractivity contribution in [2.75, 3.05) is 23.7 Å². The standard InChI is InChI=1S/C17H17F2N5O2S/c18-17(19)6-8-24(9-7-17)16-13-12(21-10-22-16)14(15(20)23-13)27(25,26)11-4-2-1-3-5-11/h1-5,10,23H,6-9,20H2. The molecule has 4 rings (SSSR count). The topological polar surface area (TPSA) is 105 Å². The van der Waals surface area contributed by atoms with Gasteiger partial charge >= 0.3 is 0 Å². The summed E-state index contributed by atoms with van der Waals surface area (Å²) in [5.41, 5.74) is 6.46. The van der Waals surface area contributed by atoms with Crippen molar-refractivity contribution in [3.8, 4) is 0 Å². The fourth-order valence-corrected chi connectivity index (χ4v) is 4.76. The molecule has 3 heterocycles. The number of sulfone groups is 1. The molecule has 1 aliphatic rings. The third-order valence-corrected chi connectivity index (χ3v) is 6.51. The minimum absolute atomic E-state index is 0.0575. The maximum Gasteiger partial charge on any atom is 0.251 e. The Morgan fingerprint density at radius 2 is 1.78 bits per heavy atom. The van der Waals surface area contributed by atoms with E-state index < -0.39 is 15.8 Å². The quantitative estimate of drug-likeness (QED) is 0.709. The van der Waals surface area contributed by atoms with Crippen molar-refractivity contribution in [1.82, 2.24) is 15.0 Å². The Bertz CT molecular complexity index is 1090. The summed E-state index contributed by atoms with van der Waals surface area (Å²) in [7, 11) is -3.90. The number of hydrogen-bond acceptors (Lipinski definition) is 6. The average Bonchev–Trinajstić information content (AvgIpc) is 2.99. The molecule has 0 atom stereocenters. The zero-order valence-electron chi connectivity index (χ0n) is 14.2. The molecule has 3 aromatic rings. The van der Waals surface area contributed by atoms with Gasteiger partial charge in [-0.05, 0) is 12.1 Å². The van der Waals surface area contributed by atoms with E-state index in [1.54, 1.807) is 23.1 Å². The van der Waals surface area contributed by atoms with E-state index in [-0.39, 0.29) is 47.1 Å². The molecule has 3 N–H and O–H groups in total. The molecule has 0 amide bonds. The monoisotopic (exact) mass is 393 g/mol. The van der Waals surface area contributed by atoms with Crippen molar-refractivity contribution >= 4 is 32.5 Å². The molecule has 0 unspecified atom stereocenters. The lowest BCUT2D eigenvalue weighted by Gasteiger charge is -2.32. The first-order valence-electron chi connectivity index (χ1n) is 8.35. The molecule has 2 aromatic heterocycles. The van der Waals surface area contributed by atoms with Crippen molar-refractivity contribution in [2.45, 2.75) is 28.6 Å². The molecule has 0 spiro atoms. The maximum atomic E-state index is 13.5. The van der Waals surface area contributed by atoms with Crippen molar-refractivity contribution in [1.29, 1.82) is 0 Å². The molecule has 27 heavy (non-hydrogen) atoms. The number of nitrogens with one attached hydrogen (secondary N) is 1. The van der Waals surface area contributed by atoms with Crippen LogP contribution >= 0.6 is 0 Å². The van der Waals surface area contributed by atoms with E-state index in [2.05, 4.69) is 15.0 Å². The van der Waals surface area contributed by atoms with E-state index in [4.69, 9.17) is 5.73 Å². The molecular weight excluding hydrogens is 376 g/mol. The van der Waals surface area contributed by atoms with Gasteiger partial charge in [0.25, 0.3) is 5.92 Å².